The van der Waals surface area contributed by atoms with Crippen molar-refractivity contribution in [2.24, 2.45) is 0 Å². The Kier molecular flexibility index (Phi) is 7.98. The van der Waals surface area contributed by atoms with Gasteiger partial charge in [-0.05, 0) is 19.1 Å². The number of aromatic nitrogens is 2. The van der Waals surface area contributed by atoms with Crippen LogP contribution in [0.4, 0.5) is 33.2 Å². The van der Waals surface area contributed by atoms with Crippen LogP contribution < -0.4 is 34.3 Å². The summed E-state index contributed by atoms with van der Waals surface area (Å²) in [5, 5.41) is 5.62. The standard InChI is InChI=1S/C21H24FN5O7S/c1-5-34-15-8-6-7-14(18(15)27-35(28,29)30)25-20-13(22)11-23-21(26-20)24-12-9-16(31-2)19(33-4)17(10-12)32-3/h6-11,27H,5H2,1-4H3,(H,28,29,30)(H2,23,24,25,26). The number of para-hydroxylation sites is 1. The number of hydrogen-bond acceptors (Lipinski definition) is 10. The smallest absolute Gasteiger partial charge is 0.357 e. The molecule has 0 atom stereocenters. The fourth-order valence-electron chi connectivity index (χ4n) is 3.07. The summed E-state index contributed by atoms with van der Waals surface area (Å²) in [6.07, 6.45) is 0.929. The fraction of sp³-hybridized carbons (Fsp3) is 0.238. The summed E-state index contributed by atoms with van der Waals surface area (Å²) in [6.45, 7) is 1.91. The summed E-state index contributed by atoms with van der Waals surface area (Å²) >= 11 is 0. The Bertz CT molecular complexity index is 1280. The predicted octanol–water partition coefficient (Wildman–Crippen LogP) is 3.74. The van der Waals surface area contributed by atoms with Crippen molar-refractivity contribution >= 4 is 39.1 Å². The van der Waals surface area contributed by atoms with Gasteiger partial charge in [0.05, 0.1) is 39.8 Å². The lowest BCUT2D eigenvalue weighted by Crippen LogP contribution is -2.14. The molecule has 0 aliphatic heterocycles. The molecule has 0 saturated carbocycles. The summed E-state index contributed by atoms with van der Waals surface area (Å²) in [6, 6.07) is 7.71. The van der Waals surface area contributed by atoms with Crippen molar-refractivity contribution in [3.8, 4) is 23.0 Å². The molecule has 0 bridgehead atoms. The van der Waals surface area contributed by atoms with Crippen LogP contribution >= 0.6 is 0 Å². The molecule has 0 amide bonds. The highest BCUT2D eigenvalue weighted by molar-refractivity contribution is 7.87. The molecule has 0 spiro atoms. The van der Waals surface area contributed by atoms with Crippen LogP contribution in [0.2, 0.25) is 0 Å². The third-order valence-corrected chi connectivity index (χ3v) is 4.94. The van der Waals surface area contributed by atoms with Crippen LogP contribution in [0.1, 0.15) is 6.92 Å². The van der Waals surface area contributed by atoms with Gasteiger partial charge in [-0.3, -0.25) is 9.27 Å². The van der Waals surface area contributed by atoms with Crippen molar-refractivity contribution in [1.29, 1.82) is 0 Å². The van der Waals surface area contributed by atoms with E-state index in [1.165, 1.54) is 33.5 Å². The molecule has 3 rings (SSSR count). The number of nitrogens with one attached hydrogen (secondary N) is 3. The van der Waals surface area contributed by atoms with Gasteiger partial charge in [-0.25, -0.2) is 9.37 Å². The number of halogens is 1. The molecule has 188 valence electrons. The first-order chi connectivity index (χ1) is 16.7. The van der Waals surface area contributed by atoms with Crippen molar-refractivity contribution in [3.63, 3.8) is 0 Å². The van der Waals surface area contributed by atoms with Crippen molar-refractivity contribution in [2.75, 3.05) is 43.3 Å². The second-order valence-electron chi connectivity index (χ2n) is 6.74. The van der Waals surface area contributed by atoms with E-state index in [2.05, 4.69) is 20.6 Å². The Labute approximate surface area is 201 Å². The highest BCUT2D eigenvalue weighted by atomic mass is 32.2. The maximum Gasteiger partial charge on any atom is 0.357 e. The second kappa shape index (κ2) is 10.9. The zero-order valence-corrected chi connectivity index (χ0v) is 20.1. The maximum atomic E-state index is 14.6. The van der Waals surface area contributed by atoms with Gasteiger partial charge < -0.3 is 29.6 Å². The Morgan fingerprint density at radius 1 is 1.03 bits per heavy atom. The highest BCUT2D eigenvalue weighted by Gasteiger charge is 2.18. The van der Waals surface area contributed by atoms with E-state index in [4.69, 9.17) is 18.9 Å². The zero-order chi connectivity index (χ0) is 25.6. The van der Waals surface area contributed by atoms with E-state index < -0.39 is 16.1 Å². The maximum absolute atomic E-state index is 14.6. The Hall–Kier alpha value is -4.04. The van der Waals surface area contributed by atoms with E-state index >= 15 is 0 Å². The first-order valence-electron chi connectivity index (χ1n) is 10.1. The summed E-state index contributed by atoms with van der Waals surface area (Å²) < 4.78 is 70.0. The average molecular weight is 510 g/mol. The minimum absolute atomic E-state index is 0.00780. The van der Waals surface area contributed by atoms with Gasteiger partial charge in [0.15, 0.2) is 23.1 Å². The molecule has 12 nitrogen and oxygen atoms in total. The van der Waals surface area contributed by atoms with Crippen LogP contribution in [0.25, 0.3) is 0 Å². The molecule has 0 aliphatic rings. The number of benzene rings is 2. The summed E-state index contributed by atoms with van der Waals surface area (Å²) in [5.41, 5.74) is 0.406. The van der Waals surface area contributed by atoms with E-state index in [-0.39, 0.29) is 35.5 Å². The van der Waals surface area contributed by atoms with Crippen molar-refractivity contribution in [2.45, 2.75) is 6.92 Å². The molecule has 1 aromatic heterocycles. The van der Waals surface area contributed by atoms with E-state index in [1.54, 1.807) is 25.1 Å². The minimum Gasteiger partial charge on any atom is -0.493 e. The molecule has 0 radical (unpaired) electrons. The molecule has 3 aromatic rings. The lowest BCUT2D eigenvalue weighted by molar-refractivity contribution is 0.324. The van der Waals surface area contributed by atoms with Crippen LogP contribution in [0.3, 0.4) is 0 Å². The van der Waals surface area contributed by atoms with Gasteiger partial charge in [0.1, 0.15) is 11.4 Å². The van der Waals surface area contributed by atoms with Crippen LogP contribution in [0.5, 0.6) is 23.0 Å². The molecule has 35 heavy (non-hydrogen) atoms. The Balaban J connectivity index is 1.97. The molecule has 0 unspecified atom stereocenters. The number of ether oxygens (including phenoxy) is 4. The predicted molar refractivity (Wildman–Crippen MR) is 127 cm³/mol. The fourth-order valence-corrected chi connectivity index (χ4v) is 3.54. The third-order valence-electron chi connectivity index (χ3n) is 4.48. The van der Waals surface area contributed by atoms with Crippen molar-refractivity contribution < 1.29 is 36.3 Å². The van der Waals surface area contributed by atoms with Gasteiger partial charge in [-0.2, -0.15) is 13.4 Å². The van der Waals surface area contributed by atoms with Crippen LogP contribution in [0, 0.1) is 5.82 Å². The molecule has 1 heterocycles. The van der Waals surface area contributed by atoms with E-state index in [0.29, 0.717) is 22.9 Å². The van der Waals surface area contributed by atoms with Crippen LogP contribution in [-0.2, 0) is 10.3 Å². The van der Waals surface area contributed by atoms with Gasteiger partial charge in [0, 0.05) is 17.8 Å². The van der Waals surface area contributed by atoms with Gasteiger partial charge in [0.2, 0.25) is 11.7 Å². The number of nitrogens with zero attached hydrogens (tertiary/aromatic N) is 2. The lowest BCUT2D eigenvalue weighted by Gasteiger charge is -2.17. The van der Waals surface area contributed by atoms with E-state index in [1.807, 2.05) is 4.72 Å². The minimum atomic E-state index is -4.65. The largest absolute Gasteiger partial charge is 0.493 e. The quantitative estimate of drug-likeness (QED) is 0.280. The monoisotopic (exact) mass is 509 g/mol. The topological polar surface area (TPSA) is 153 Å². The molecule has 4 N–H and O–H groups in total. The normalized spacial score (nSPS) is 10.9. The first-order valence-corrected chi connectivity index (χ1v) is 11.5. The summed E-state index contributed by atoms with van der Waals surface area (Å²) in [5.74, 6) is 0.166. The van der Waals surface area contributed by atoms with Gasteiger partial charge in [-0.1, -0.05) is 6.07 Å². The number of anilines is 5. The summed E-state index contributed by atoms with van der Waals surface area (Å²) in [4.78, 5) is 8.06. The van der Waals surface area contributed by atoms with Crippen LogP contribution in [0.15, 0.2) is 36.5 Å². The SMILES string of the molecule is CCOc1cccc(Nc2nc(Nc3cc(OC)c(OC)c(OC)c3)ncc2F)c1NS(=O)(=O)O. The number of methoxy groups -OCH3 is 3. The summed E-state index contributed by atoms with van der Waals surface area (Å²) in [7, 11) is -0.252. The third kappa shape index (κ3) is 6.30. The number of rotatable bonds is 11. The van der Waals surface area contributed by atoms with E-state index in [9.17, 15) is 17.4 Å². The molecule has 2 aromatic carbocycles. The van der Waals surface area contributed by atoms with Crippen LogP contribution in [-0.4, -0.2) is 50.9 Å². The molecule has 0 saturated heterocycles. The van der Waals surface area contributed by atoms with Crippen molar-refractivity contribution in [3.05, 3.63) is 42.3 Å². The molecular formula is C21H24FN5O7S. The molecule has 0 aliphatic carbocycles. The molecular weight excluding hydrogens is 485 g/mol. The Morgan fingerprint density at radius 2 is 1.71 bits per heavy atom. The van der Waals surface area contributed by atoms with E-state index in [0.717, 1.165) is 6.20 Å². The second-order valence-corrected chi connectivity index (χ2v) is 7.90. The number of hydrogen-bond donors (Lipinski definition) is 4. The Morgan fingerprint density at radius 3 is 2.29 bits per heavy atom. The molecule has 14 heteroatoms. The van der Waals surface area contributed by atoms with Crippen molar-refractivity contribution in [1.82, 2.24) is 9.97 Å². The highest BCUT2D eigenvalue weighted by Crippen LogP contribution is 2.40. The van der Waals surface area contributed by atoms with Gasteiger partial charge >= 0.3 is 10.3 Å². The first kappa shape index (κ1) is 25.6. The molecule has 0 fully saturated rings. The van der Waals surface area contributed by atoms with Gasteiger partial charge in [0.25, 0.3) is 0 Å². The van der Waals surface area contributed by atoms with Gasteiger partial charge in [-0.15, -0.1) is 0 Å². The zero-order valence-electron chi connectivity index (χ0n) is 19.2. The lowest BCUT2D eigenvalue weighted by atomic mass is 10.2. The average Bonchev–Trinajstić information content (AvgIpc) is 2.81.